The molecule has 1 heterocycles. The summed E-state index contributed by atoms with van der Waals surface area (Å²) in [7, 11) is 0. The summed E-state index contributed by atoms with van der Waals surface area (Å²) in [5.41, 5.74) is 6.53. The molecule has 0 aliphatic carbocycles. The molecule has 0 amide bonds. The molecule has 1 aliphatic rings. The molecular formula is C14H30N2. The zero-order valence-corrected chi connectivity index (χ0v) is 11.6. The normalized spacial score (nSPS) is 25.3. The van der Waals surface area contributed by atoms with Gasteiger partial charge in [-0.15, -0.1) is 0 Å². The standard InChI is InChI=1S/C14H30N2/c1-5-12(3)13(11-15)16-9-7-14(4,6-2)8-10-16/h12-13H,5-11,15H2,1-4H3. The van der Waals surface area contributed by atoms with Crippen molar-refractivity contribution in [2.24, 2.45) is 17.1 Å². The molecule has 2 N–H and O–H groups in total. The Morgan fingerprint density at radius 2 is 1.81 bits per heavy atom. The Balaban J connectivity index is 2.51. The summed E-state index contributed by atoms with van der Waals surface area (Å²) in [6.45, 7) is 12.7. The first-order valence-corrected chi connectivity index (χ1v) is 7.00. The molecule has 2 atom stereocenters. The predicted molar refractivity (Wildman–Crippen MR) is 71.5 cm³/mol. The third-order valence-electron chi connectivity index (χ3n) is 4.87. The Labute approximate surface area is 102 Å². The Morgan fingerprint density at radius 1 is 1.25 bits per heavy atom. The molecule has 0 spiro atoms. The van der Waals surface area contributed by atoms with Gasteiger partial charge in [0.25, 0.3) is 0 Å². The molecule has 0 radical (unpaired) electrons. The highest BCUT2D eigenvalue weighted by atomic mass is 15.2. The fourth-order valence-corrected chi connectivity index (χ4v) is 2.76. The highest BCUT2D eigenvalue weighted by molar-refractivity contribution is 4.86. The van der Waals surface area contributed by atoms with E-state index in [0.717, 1.165) is 12.5 Å². The van der Waals surface area contributed by atoms with Crippen molar-refractivity contribution in [3.63, 3.8) is 0 Å². The Hall–Kier alpha value is -0.0800. The van der Waals surface area contributed by atoms with Gasteiger partial charge in [-0.3, -0.25) is 4.90 Å². The summed E-state index contributed by atoms with van der Waals surface area (Å²) in [5.74, 6) is 0.732. The van der Waals surface area contributed by atoms with Crippen LogP contribution < -0.4 is 5.73 Å². The van der Waals surface area contributed by atoms with Crippen LogP contribution in [0, 0.1) is 11.3 Å². The van der Waals surface area contributed by atoms with Crippen molar-refractivity contribution in [2.75, 3.05) is 19.6 Å². The third-order valence-corrected chi connectivity index (χ3v) is 4.87. The SMILES string of the molecule is CCC(C)C(CN)N1CCC(C)(CC)CC1. The minimum absolute atomic E-state index is 0.588. The van der Waals surface area contributed by atoms with Crippen LogP contribution >= 0.6 is 0 Å². The smallest absolute Gasteiger partial charge is 0.0243 e. The van der Waals surface area contributed by atoms with Gasteiger partial charge >= 0.3 is 0 Å². The van der Waals surface area contributed by atoms with Crippen LogP contribution in [0.2, 0.25) is 0 Å². The Kier molecular flexibility index (Phi) is 5.26. The van der Waals surface area contributed by atoms with Crippen LogP contribution in [0.1, 0.15) is 53.4 Å². The van der Waals surface area contributed by atoms with Gasteiger partial charge in [-0.2, -0.15) is 0 Å². The van der Waals surface area contributed by atoms with Gasteiger partial charge in [0, 0.05) is 12.6 Å². The van der Waals surface area contributed by atoms with Crippen LogP contribution in [0.15, 0.2) is 0 Å². The molecule has 0 aromatic rings. The maximum absolute atomic E-state index is 5.94. The molecule has 0 aromatic heterocycles. The molecule has 1 aliphatic heterocycles. The molecule has 0 bridgehead atoms. The molecule has 2 nitrogen and oxygen atoms in total. The second-order valence-corrected chi connectivity index (χ2v) is 5.89. The van der Waals surface area contributed by atoms with Gasteiger partial charge < -0.3 is 5.73 Å². The summed E-state index contributed by atoms with van der Waals surface area (Å²) >= 11 is 0. The average molecular weight is 226 g/mol. The lowest BCUT2D eigenvalue weighted by Gasteiger charge is -2.43. The van der Waals surface area contributed by atoms with Crippen LogP contribution in [0.4, 0.5) is 0 Å². The zero-order valence-electron chi connectivity index (χ0n) is 11.6. The highest BCUT2D eigenvalue weighted by Gasteiger charge is 2.32. The first-order valence-electron chi connectivity index (χ1n) is 7.00. The van der Waals surface area contributed by atoms with Crippen molar-refractivity contribution in [3.05, 3.63) is 0 Å². The van der Waals surface area contributed by atoms with Crippen molar-refractivity contribution < 1.29 is 0 Å². The number of nitrogens with two attached hydrogens (primary N) is 1. The van der Waals surface area contributed by atoms with E-state index in [-0.39, 0.29) is 0 Å². The zero-order chi connectivity index (χ0) is 12.2. The van der Waals surface area contributed by atoms with Crippen LogP contribution in [-0.4, -0.2) is 30.6 Å². The average Bonchev–Trinajstić information content (AvgIpc) is 2.32. The number of hydrogen-bond donors (Lipinski definition) is 1. The van der Waals surface area contributed by atoms with Gasteiger partial charge in [0.05, 0.1) is 0 Å². The molecule has 0 aromatic carbocycles. The number of piperidine rings is 1. The minimum atomic E-state index is 0.588. The van der Waals surface area contributed by atoms with Gasteiger partial charge in [-0.1, -0.05) is 40.5 Å². The van der Waals surface area contributed by atoms with Crippen molar-refractivity contribution >= 4 is 0 Å². The molecule has 2 heteroatoms. The second-order valence-electron chi connectivity index (χ2n) is 5.89. The molecule has 1 fully saturated rings. The largest absolute Gasteiger partial charge is 0.329 e. The van der Waals surface area contributed by atoms with Gasteiger partial charge in [0.15, 0.2) is 0 Å². The predicted octanol–water partition coefficient (Wildman–Crippen LogP) is 2.87. The van der Waals surface area contributed by atoms with Crippen LogP contribution in [0.5, 0.6) is 0 Å². The number of hydrogen-bond acceptors (Lipinski definition) is 2. The summed E-state index contributed by atoms with van der Waals surface area (Å²) < 4.78 is 0. The summed E-state index contributed by atoms with van der Waals surface area (Å²) in [6, 6.07) is 0.603. The first-order chi connectivity index (χ1) is 7.56. The first kappa shape index (κ1) is 14.0. The van der Waals surface area contributed by atoms with Gasteiger partial charge in [-0.25, -0.2) is 0 Å². The second kappa shape index (κ2) is 6.02. The van der Waals surface area contributed by atoms with E-state index in [0.29, 0.717) is 11.5 Å². The number of nitrogens with zero attached hydrogens (tertiary/aromatic N) is 1. The molecule has 1 saturated heterocycles. The summed E-state index contributed by atoms with van der Waals surface area (Å²) in [6.07, 6.45) is 5.24. The minimum Gasteiger partial charge on any atom is -0.329 e. The van der Waals surface area contributed by atoms with E-state index < -0.39 is 0 Å². The Bertz CT molecular complexity index is 195. The molecule has 0 saturated carbocycles. The maximum atomic E-state index is 5.94. The third kappa shape index (κ3) is 3.21. The van der Waals surface area contributed by atoms with Crippen molar-refractivity contribution in [3.8, 4) is 0 Å². The van der Waals surface area contributed by atoms with Crippen molar-refractivity contribution in [1.29, 1.82) is 0 Å². The lowest BCUT2D eigenvalue weighted by Crippen LogP contribution is -2.50. The maximum Gasteiger partial charge on any atom is 0.0243 e. The lowest BCUT2D eigenvalue weighted by molar-refractivity contribution is 0.0620. The Morgan fingerprint density at radius 3 is 2.19 bits per heavy atom. The molecule has 16 heavy (non-hydrogen) atoms. The number of rotatable bonds is 5. The fourth-order valence-electron chi connectivity index (χ4n) is 2.76. The van der Waals surface area contributed by atoms with Crippen LogP contribution in [0.25, 0.3) is 0 Å². The van der Waals surface area contributed by atoms with E-state index in [9.17, 15) is 0 Å². The van der Waals surface area contributed by atoms with Crippen LogP contribution in [0.3, 0.4) is 0 Å². The molecular weight excluding hydrogens is 196 g/mol. The van der Waals surface area contributed by atoms with Crippen LogP contribution in [-0.2, 0) is 0 Å². The highest BCUT2D eigenvalue weighted by Crippen LogP contribution is 2.35. The topological polar surface area (TPSA) is 29.3 Å². The van der Waals surface area contributed by atoms with E-state index in [4.69, 9.17) is 5.73 Å². The fraction of sp³-hybridized carbons (Fsp3) is 1.00. The van der Waals surface area contributed by atoms with Gasteiger partial charge in [0.2, 0.25) is 0 Å². The molecule has 2 unspecified atom stereocenters. The van der Waals surface area contributed by atoms with Gasteiger partial charge in [-0.05, 0) is 37.3 Å². The number of likely N-dealkylation sites (tertiary alicyclic amines) is 1. The molecule has 1 rings (SSSR count). The van der Waals surface area contributed by atoms with E-state index in [2.05, 4.69) is 32.6 Å². The van der Waals surface area contributed by atoms with E-state index in [1.807, 2.05) is 0 Å². The van der Waals surface area contributed by atoms with Crippen molar-refractivity contribution in [1.82, 2.24) is 4.90 Å². The summed E-state index contributed by atoms with van der Waals surface area (Å²) in [5, 5.41) is 0. The van der Waals surface area contributed by atoms with Crippen molar-refractivity contribution in [2.45, 2.75) is 59.4 Å². The van der Waals surface area contributed by atoms with E-state index >= 15 is 0 Å². The lowest BCUT2D eigenvalue weighted by atomic mass is 9.77. The summed E-state index contributed by atoms with van der Waals surface area (Å²) in [4.78, 5) is 2.63. The van der Waals surface area contributed by atoms with E-state index in [1.165, 1.54) is 38.8 Å². The van der Waals surface area contributed by atoms with E-state index in [1.54, 1.807) is 0 Å². The monoisotopic (exact) mass is 226 g/mol. The quantitative estimate of drug-likeness (QED) is 0.781. The molecule has 96 valence electrons. The van der Waals surface area contributed by atoms with Gasteiger partial charge in [0.1, 0.15) is 0 Å².